The van der Waals surface area contributed by atoms with Gasteiger partial charge in [-0.2, -0.15) is 0 Å². The van der Waals surface area contributed by atoms with Crippen LogP contribution in [-0.2, 0) is 4.79 Å². The molecule has 3 unspecified atom stereocenters. The fourth-order valence-electron chi connectivity index (χ4n) is 3.38. The Kier molecular flexibility index (Phi) is 5.22. The van der Waals surface area contributed by atoms with Gasteiger partial charge in [0, 0.05) is 19.1 Å². The van der Waals surface area contributed by atoms with E-state index in [-0.39, 0.29) is 6.04 Å². The molecule has 0 radical (unpaired) electrons. The molecule has 4 heteroatoms. The molecule has 1 N–H and O–H groups in total. The van der Waals surface area contributed by atoms with Crippen LogP contribution in [0.5, 0.6) is 0 Å². The van der Waals surface area contributed by atoms with Gasteiger partial charge in [-0.1, -0.05) is 13.8 Å². The van der Waals surface area contributed by atoms with Gasteiger partial charge in [-0.05, 0) is 51.7 Å². The van der Waals surface area contributed by atoms with E-state index in [1.807, 2.05) is 0 Å². The summed E-state index contributed by atoms with van der Waals surface area (Å²) >= 11 is 0. The second-order valence-electron chi connectivity index (χ2n) is 6.35. The third-order valence-electron chi connectivity index (χ3n) is 4.62. The number of hydrogen-bond acceptors (Lipinski definition) is 3. The van der Waals surface area contributed by atoms with E-state index >= 15 is 0 Å². The van der Waals surface area contributed by atoms with E-state index in [9.17, 15) is 4.79 Å². The van der Waals surface area contributed by atoms with Gasteiger partial charge in [-0.15, -0.1) is 0 Å². The first-order valence-electron chi connectivity index (χ1n) is 7.84. The molecule has 3 atom stereocenters. The summed E-state index contributed by atoms with van der Waals surface area (Å²) < 4.78 is 0. The highest BCUT2D eigenvalue weighted by Crippen LogP contribution is 2.20. The topological polar surface area (TPSA) is 35.6 Å². The quantitative estimate of drug-likeness (QED) is 0.819. The second kappa shape index (κ2) is 6.71. The van der Waals surface area contributed by atoms with Crippen LogP contribution in [0.25, 0.3) is 0 Å². The van der Waals surface area contributed by atoms with Crippen LogP contribution in [0.3, 0.4) is 0 Å². The maximum absolute atomic E-state index is 12.8. The molecule has 2 rings (SSSR count). The van der Waals surface area contributed by atoms with Gasteiger partial charge in [-0.25, -0.2) is 0 Å². The first-order valence-corrected chi connectivity index (χ1v) is 7.84. The largest absolute Gasteiger partial charge is 0.337 e. The lowest BCUT2D eigenvalue weighted by Crippen LogP contribution is -2.54. The molecule has 0 spiro atoms. The van der Waals surface area contributed by atoms with Gasteiger partial charge in [0.1, 0.15) is 0 Å². The summed E-state index contributed by atoms with van der Waals surface area (Å²) in [7, 11) is 2.16. The zero-order chi connectivity index (χ0) is 13.8. The van der Waals surface area contributed by atoms with Gasteiger partial charge >= 0.3 is 0 Å². The smallest absolute Gasteiger partial charge is 0.240 e. The summed E-state index contributed by atoms with van der Waals surface area (Å²) in [5, 5.41) is 3.42. The molecule has 2 heterocycles. The van der Waals surface area contributed by atoms with Crippen molar-refractivity contribution in [3.05, 3.63) is 0 Å². The SMILES string of the molecule is CCC1CN(C)CCCN1C(=O)C1CC(C)CCN1. The van der Waals surface area contributed by atoms with E-state index in [1.165, 1.54) is 6.42 Å². The van der Waals surface area contributed by atoms with Gasteiger partial charge in [0.15, 0.2) is 0 Å². The molecular formula is C15H29N3O. The Morgan fingerprint density at radius 3 is 2.84 bits per heavy atom. The second-order valence-corrected chi connectivity index (χ2v) is 6.35. The maximum Gasteiger partial charge on any atom is 0.240 e. The lowest BCUT2D eigenvalue weighted by Gasteiger charge is -2.36. The van der Waals surface area contributed by atoms with Crippen LogP contribution in [-0.4, -0.2) is 61.0 Å². The number of carbonyl (C=O) groups excluding carboxylic acids is 1. The van der Waals surface area contributed by atoms with Gasteiger partial charge in [0.05, 0.1) is 6.04 Å². The van der Waals surface area contributed by atoms with Crippen molar-refractivity contribution in [2.45, 2.75) is 51.6 Å². The van der Waals surface area contributed by atoms with Gasteiger partial charge in [0.25, 0.3) is 0 Å². The van der Waals surface area contributed by atoms with Gasteiger partial charge < -0.3 is 15.1 Å². The lowest BCUT2D eigenvalue weighted by atomic mass is 9.93. The first-order chi connectivity index (χ1) is 9.11. The summed E-state index contributed by atoms with van der Waals surface area (Å²) in [5.74, 6) is 1.01. The third-order valence-corrected chi connectivity index (χ3v) is 4.62. The van der Waals surface area contributed by atoms with Crippen molar-refractivity contribution in [1.82, 2.24) is 15.1 Å². The van der Waals surface area contributed by atoms with Crippen molar-refractivity contribution in [2.24, 2.45) is 5.92 Å². The molecule has 2 aliphatic rings. The van der Waals surface area contributed by atoms with Crippen molar-refractivity contribution < 1.29 is 4.79 Å². The molecule has 0 aromatic carbocycles. The van der Waals surface area contributed by atoms with Crippen LogP contribution < -0.4 is 5.32 Å². The Labute approximate surface area is 117 Å². The molecule has 19 heavy (non-hydrogen) atoms. The van der Waals surface area contributed by atoms with E-state index in [0.717, 1.165) is 45.4 Å². The highest BCUT2D eigenvalue weighted by molar-refractivity contribution is 5.82. The molecule has 4 nitrogen and oxygen atoms in total. The molecule has 2 fully saturated rings. The van der Waals surface area contributed by atoms with Crippen molar-refractivity contribution in [2.75, 3.05) is 33.2 Å². The van der Waals surface area contributed by atoms with Crippen LogP contribution in [0.4, 0.5) is 0 Å². The third kappa shape index (κ3) is 3.69. The monoisotopic (exact) mass is 267 g/mol. The van der Waals surface area contributed by atoms with E-state index < -0.39 is 0 Å². The Bertz CT molecular complexity index is 308. The molecule has 0 aromatic rings. The van der Waals surface area contributed by atoms with Crippen molar-refractivity contribution >= 4 is 5.91 Å². The van der Waals surface area contributed by atoms with Crippen LogP contribution >= 0.6 is 0 Å². The highest BCUT2D eigenvalue weighted by Gasteiger charge is 2.32. The molecule has 0 aliphatic carbocycles. The summed E-state index contributed by atoms with van der Waals surface area (Å²) in [5.41, 5.74) is 0. The fraction of sp³-hybridized carbons (Fsp3) is 0.933. The van der Waals surface area contributed by atoms with Crippen LogP contribution in [0.1, 0.15) is 39.5 Å². The van der Waals surface area contributed by atoms with E-state index in [0.29, 0.717) is 17.9 Å². The Hall–Kier alpha value is -0.610. The average Bonchev–Trinajstić information content (AvgIpc) is 2.59. The molecule has 2 aliphatic heterocycles. The summed E-state index contributed by atoms with van der Waals surface area (Å²) in [6.07, 6.45) is 4.35. The maximum atomic E-state index is 12.8. The minimum atomic E-state index is 0.0567. The Balaban J connectivity index is 2.02. The van der Waals surface area contributed by atoms with Crippen molar-refractivity contribution in [3.63, 3.8) is 0 Å². The summed E-state index contributed by atoms with van der Waals surface area (Å²) in [4.78, 5) is 17.3. The summed E-state index contributed by atoms with van der Waals surface area (Å²) in [6.45, 7) is 8.49. The van der Waals surface area contributed by atoms with Crippen LogP contribution in [0.2, 0.25) is 0 Å². The average molecular weight is 267 g/mol. The fourth-order valence-corrected chi connectivity index (χ4v) is 3.38. The molecule has 0 bridgehead atoms. The minimum Gasteiger partial charge on any atom is -0.337 e. The standard InChI is InChI=1S/C15H29N3O/c1-4-13-11-17(3)8-5-9-18(13)15(19)14-10-12(2)6-7-16-14/h12-14,16H,4-11H2,1-3H3. The van der Waals surface area contributed by atoms with Gasteiger partial charge in [0.2, 0.25) is 5.91 Å². The van der Waals surface area contributed by atoms with E-state index in [2.05, 4.69) is 36.0 Å². The summed E-state index contributed by atoms with van der Waals surface area (Å²) in [6, 6.07) is 0.445. The predicted molar refractivity (Wildman–Crippen MR) is 78.1 cm³/mol. The number of carbonyl (C=O) groups is 1. The normalized spacial score (nSPS) is 34.1. The minimum absolute atomic E-state index is 0.0567. The zero-order valence-corrected chi connectivity index (χ0v) is 12.7. The van der Waals surface area contributed by atoms with Crippen LogP contribution in [0, 0.1) is 5.92 Å². The number of hydrogen-bond donors (Lipinski definition) is 1. The zero-order valence-electron chi connectivity index (χ0n) is 12.7. The number of rotatable bonds is 2. The number of nitrogens with zero attached hydrogens (tertiary/aromatic N) is 2. The molecule has 0 saturated carbocycles. The number of nitrogens with one attached hydrogen (secondary N) is 1. The molecule has 0 aromatic heterocycles. The molecule has 110 valence electrons. The van der Waals surface area contributed by atoms with Gasteiger partial charge in [-0.3, -0.25) is 4.79 Å². The van der Waals surface area contributed by atoms with Crippen LogP contribution in [0.15, 0.2) is 0 Å². The highest BCUT2D eigenvalue weighted by atomic mass is 16.2. The van der Waals surface area contributed by atoms with Crippen molar-refractivity contribution in [3.8, 4) is 0 Å². The van der Waals surface area contributed by atoms with Crippen molar-refractivity contribution in [1.29, 1.82) is 0 Å². The Morgan fingerprint density at radius 1 is 1.37 bits per heavy atom. The van der Waals surface area contributed by atoms with E-state index in [1.54, 1.807) is 0 Å². The van der Waals surface area contributed by atoms with E-state index in [4.69, 9.17) is 0 Å². The predicted octanol–water partition coefficient (Wildman–Crippen LogP) is 1.32. The Morgan fingerprint density at radius 2 is 2.16 bits per heavy atom. The number of amides is 1. The molecule has 1 amide bonds. The lowest BCUT2D eigenvalue weighted by molar-refractivity contribution is -0.136. The number of likely N-dealkylation sites (N-methyl/N-ethyl adjacent to an activating group) is 1. The molecule has 2 saturated heterocycles. The first kappa shape index (κ1) is 14.8. The molecular weight excluding hydrogens is 238 g/mol. The number of piperidine rings is 1.